The van der Waals surface area contributed by atoms with Gasteiger partial charge in [-0.1, -0.05) is 6.92 Å². The lowest BCUT2D eigenvalue weighted by Gasteiger charge is -2.48. The molecule has 0 spiro atoms. The van der Waals surface area contributed by atoms with Crippen molar-refractivity contribution in [2.45, 2.75) is 50.9 Å². The van der Waals surface area contributed by atoms with Gasteiger partial charge in [0.2, 0.25) is 0 Å². The molecule has 0 aromatic heterocycles. The van der Waals surface area contributed by atoms with E-state index in [-0.39, 0.29) is 12.1 Å². The van der Waals surface area contributed by atoms with Gasteiger partial charge in [-0.05, 0) is 32.1 Å². The minimum atomic E-state index is -4.23. The molecule has 1 heterocycles. The number of ether oxygens (including phenoxy) is 1. The molecule has 0 aromatic rings. The van der Waals surface area contributed by atoms with Crippen LogP contribution in [-0.2, 0) is 4.74 Å². The topological polar surface area (TPSA) is 24.5 Å². The largest absolute Gasteiger partial charge is 0.411 e. The van der Waals surface area contributed by atoms with Crippen LogP contribution in [0.1, 0.15) is 33.1 Å². The zero-order valence-corrected chi connectivity index (χ0v) is 12.3. The van der Waals surface area contributed by atoms with Crippen LogP contribution in [0, 0.1) is 5.92 Å². The van der Waals surface area contributed by atoms with E-state index in [2.05, 4.69) is 24.1 Å². The summed E-state index contributed by atoms with van der Waals surface area (Å²) >= 11 is 0. The van der Waals surface area contributed by atoms with E-state index in [1.807, 2.05) is 0 Å². The van der Waals surface area contributed by atoms with Gasteiger partial charge in [-0.2, -0.15) is 13.2 Å². The molecule has 2 atom stereocenters. The van der Waals surface area contributed by atoms with Crippen LogP contribution in [0.2, 0.25) is 0 Å². The zero-order chi connectivity index (χ0) is 14.8. The Labute approximate surface area is 118 Å². The van der Waals surface area contributed by atoms with Crippen LogP contribution in [0.4, 0.5) is 13.2 Å². The fourth-order valence-electron chi connectivity index (χ4n) is 2.87. The van der Waals surface area contributed by atoms with Crippen LogP contribution in [0.15, 0.2) is 0 Å². The third-order valence-electron chi connectivity index (χ3n) is 4.65. The molecule has 118 valence electrons. The molecule has 3 nitrogen and oxygen atoms in total. The molecule has 0 amide bonds. The summed E-state index contributed by atoms with van der Waals surface area (Å²) in [6, 6.07) is 0.497. The summed E-state index contributed by atoms with van der Waals surface area (Å²) in [5.74, 6) is 0.759. The number of rotatable bonds is 6. The fraction of sp³-hybridized carbons (Fsp3) is 1.00. The molecule has 0 bridgehead atoms. The number of hydrogen-bond donors (Lipinski definition) is 1. The van der Waals surface area contributed by atoms with E-state index in [0.29, 0.717) is 12.6 Å². The van der Waals surface area contributed by atoms with Gasteiger partial charge in [0.15, 0.2) is 0 Å². The average Bonchev–Trinajstić information content (AvgIpc) is 3.19. The van der Waals surface area contributed by atoms with E-state index in [1.165, 1.54) is 12.8 Å². The van der Waals surface area contributed by atoms with Crippen molar-refractivity contribution in [3.05, 3.63) is 0 Å². The molecule has 2 fully saturated rings. The maximum atomic E-state index is 12.1. The van der Waals surface area contributed by atoms with Crippen LogP contribution in [-0.4, -0.2) is 55.5 Å². The maximum Gasteiger partial charge on any atom is 0.411 e. The molecule has 0 aromatic carbocycles. The molecular weight excluding hydrogens is 269 g/mol. The molecule has 2 aliphatic rings. The summed E-state index contributed by atoms with van der Waals surface area (Å²) in [5, 5.41) is 3.60. The summed E-state index contributed by atoms with van der Waals surface area (Å²) < 4.78 is 41.0. The number of hydrogen-bond acceptors (Lipinski definition) is 3. The second-order valence-corrected chi connectivity index (χ2v) is 6.29. The number of alkyl halides is 3. The van der Waals surface area contributed by atoms with Crippen LogP contribution in [0.5, 0.6) is 0 Å². The van der Waals surface area contributed by atoms with Crippen molar-refractivity contribution in [1.82, 2.24) is 10.2 Å². The Morgan fingerprint density at radius 3 is 2.60 bits per heavy atom. The standard InChI is InChI=1S/C14H25F3N2O/c1-3-13(2)9-18-12(11-4-5-11)8-19(13)6-7-20-10-14(15,16)17/h11-12,18H,3-10H2,1-2H3. The molecule has 1 aliphatic heterocycles. The predicted octanol–water partition coefficient (Wildman–Crippen LogP) is 2.42. The predicted molar refractivity (Wildman–Crippen MR) is 71.7 cm³/mol. The van der Waals surface area contributed by atoms with E-state index in [0.717, 1.165) is 25.4 Å². The lowest BCUT2D eigenvalue weighted by Crippen LogP contribution is -2.64. The van der Waals surface area contributed by atoms with E-state index < -0.39 is 12.8 Å². The first kappa shape index (κ1) is 16.0. The summed E-state index contributed by atoms with van der Waals surface area (Å²) in [6.45, 7) is 5.70. The van der Waals surface area contributed by atoms with Crippen molar-refractivity contribution >= 4 is 0 Å². The monoisotopic (exact) mass is 294 g/mol. The first-order valence-electron chi connectivity index (χ1n) is 7.47. The number of piperazine rings is 1. The lowest BCUT2D eigenvalue weighted by atomic mass is 9.91. The van der Waals surface area contributed by atoms with Gasteiger partial charge in [-0.25, -0.2) is 0 Å². The zero-order valence-electron chi connectivity index (χ0n) is 12.3. The smallest absolute Gasteiger partial charge is 0.371 e. The molecule has 2 rings (SSSR count). The van der Waals surface area contributed by atoms with Gasteiger partial charge in [-0.15, -0.1) is 0 Å². The van der Waals surface area contributed by atoms with E-state index in [4.69, 9.17) is 4.74 Å². The number of nitrogens with zero attached hydrogens (tertiary/aromatic N) is 1. The second kappa shape index (κ2) is 6.20. The molecule has 1 saturated carbocycles. The second-order valence-electron chi connectivity index (χ2n) is 6.29. The molecule has 1 N–H and O–H groups in total. The highest BCUT2D eigenvalue weighted by Gasteiger charge is 2.41. The molecule has 1 saturated heterocycles. The van der Waals surface area contributed by atoms with Gasteiger partial charge < -0.3 is 10.1 Å². The molecule has 1 aliphatic carbocycles. The van der Waals surface area contributed by atoms with Crippen molar-refractivity contribution in [2.24, 2.45) is 5.92 Å². The Kier molecular flexibility index (Phi) is 4.97. The summed E-state index contributed by atoms with van der Waals surface area (Å²) in [5.41, 5.74) is 0.0208. The Morgan fingerprint density at radius 1 is 1.35 bits per heavy atom. The van der Waals surface area contributed by atoms with E-state index >= 15 is 0 Å². The number of halogens is 3. The Balaban J connectivity index is 1.81. The van der Waals surface area contributed by atoms with Crippen molar-refractivity contribution in [3.63, 3.8) is 0 Å². The van der Waals surface area contributed by atoms with Crippen molar-refractivity contribution in [2.75, 3.05) is 32.8 Å². The Bertz CT molecular complexity index is 320. The van der Waals surface area contributed by atoms with Gasteiger partial charge in [0.1, 0.15) is 6.61 Å². The van der Waals surface area contributed by atoms with Crippen LogP contribution >= 0.6 is 0 Å². The van der Waals surface area contributed by atoms with Gasteiger partial charge in [0.05, 0.1) is 6.61 Å². The minimum absolute atomic E-state index is 0.0208. The SMILES string of the molecule is CCC1(C)CNC(C2CC2)CN1CCOCC(F)(F)F. The fourth-order valence-corrected chi connectivity index (χ4v) is 2.87. The average molecular weight is 294 g/mol. The highest BCUT2D eigenvalue weighted by atomic mass is 19.4. The van der Waals surface area contributed by atoms with E-state index in [1.54, 1.807) is 0 Å². The first-order valence-corrected chi connectivity index (χ1v) is 7.47. The normalized spacial score (nSPS) is 32.5. The van der Waals surface area contributed by atoms with E-state index in [9.17, 15) is 13.2 Å². The van der Waals surface area contributed by atoms with Gasteiger partial charge in [0.25, 0.3) is 0 Å². The van der Waals surface area contributed by atoms with Crippen molar-refractivity contribution in [1.29, 1.82) is 0 Å². The molecular formula is C14H25F3N2O. The lowest BCUT2D eigenvalue weighted by molar-refractivity contribution is -0.175. The molecule has 6 heteroatoms. The van der Waals surface area contributed by atoms with Crippen LogP contribution < -0.4 is 5.32 Å². The van der Waals surface area contributed by atoms with Gasteiger partial charge >= 0.3 is 6.18 Å². The summed E-state index contributed by atoms with van der Waals surface area (Å²) in [7, 11) is 0. The van der Waals surface area contributed by atoms with Gasteiger partial charge in [0, 0.05) is 31.2 Å². The third kappa shape index (κ3) is 4.33. The number of nitrogens with one attached hydrogen (secondary N) is 1. The molecule has 20 heavy (non-hydrogen) atoms. The minimum Gasteiger partial charge on any atom is -0.371 e. The van der Waals surface area contributed by atoms with Crippen LogP contribution in [0.25, 0.3) is 0 Å². The van der Waals surface area contributed by atoms with Crippen LogP contribution in [0.3, 0.4) is 0 Å². The highest BCUT2D eigenvalue weighted by molar-refractivity contribution is 4.99. The van der Waals surface area contributed by atoms with Crippen molar-refractivity contribution < 1.29 is 17.9 Å². The van der Waals surface area contributed by atoms with Gasteiger partial charge in [-0.3, -0.25) is 4.90 Å². The summed E-state index contributed by atoms with van der Waals surface area (Å²) in [4.78, 5) is 2.31. The summed E-state index contributed by atoms with van der Waals surface area (Å²) in [6.07, 6.45) is -0.692. The molecule has 0 radical (unpaired) electrons. The quantitative estimate of drug-likeness (QED) is 0.761. The third-order valence-corrected chi connectivity index (χ3v) is 4.65. The Hall–Kier alpha value is -0.330. The van der Waals surface area contributed by atoms with Crippen molar-refractivity contribution in [3.8, 4) is 0 Å². The first-order chi connectivity index (χ1) is 9.34. The highest BCUT2D eigenvalue weighted by Crippen LogP contribution is 2.36. The molecule has 2 unspecified atom stereocenters. The Morgan fingerprint density at radius 2 is 2.05 bits per heavy atom. The maximum absolute atomic E-state index is 12.1.